The van der Waals surface area contributed by atoms with Crippen molar-refractivity contribution in [3.8, 4) is 17.2 Å². The molecular formula is C13H8BrN5O2. The van der Waals surface area contributed by atoms with Gasteiger partial charge in [-0.2, -0.15) is 0 Å². The topological polar surface area (TPSA) is 93.8 Å². The Labute approximate surface area is 127 Å². The lowest BCUT2D eigenvalue weighted by molar-refractivity contribution is 0.0696. The Morgan fingerprint density at radius 3 is 2.71 bits per heavy atom. The molecule has 0 spiro atoms. The fourth-order valence-corrected chi connectivity index (χ4v) is 2.09. The summed E-state index contributed by atoms with van der Waals surface area (Å²) < 4.78 is 0.562. The smallest absolute Gasteiger partial charge is 0.339 e. The van der Waals surface area contributed by atoms with E-state index in [1.54, 1.807) is 0 Å². The van der Waals surface area contributed by atoms with Gasteiger partial charge in [0.2, 0.25) is 5.82 Å². The van der Waals surface area contributed by atoms with Crippen LogP contribution in [0.2, 0.25) is 0 Å². The average molecular weight is 346 g/mol. The number of carboxylic acids is 1. The number of nitrogens with zero attached hydrogens (tertiary/aromatic N) is 5. The van der Waals surface area contributed by atoms with Gasteiger partial charge in [-0.15, -0.1) is 15.0 Å². The predicted octanol–water partition coefficient (Wildman–Crippen LogP) is 2.18. The molecule has 0 radical (unpaired) electrons. The SMILES string of the molecule is O=C(O)c1cc(Br)cnc1-n1nnc(-c2ccccc2)n1. The van der Waals surface area contributed by atoms with E-state index in [9.17, 15) is 9.90 Å². The van der Waals surface area contributed by atoms with Crippen molar-refractivity contribution in [1.29, 1.82) is 0 Å². The van der Waals surface area contributed by atoms with Crippen LogP contribution in [0.25, 0.3) is 17.2 Å². The standard InChI is InChI=1S/C13H8BrN5O2/c14-9-6-10(13(20)21)12(15-7-9)19-17-11(16-18-19)8-4-2-1-3-5-8/h1-7H,(H,20,21). The van der Waals surface area contributed by atoms with Crippen LogP contribution in [-0.4, -0.2) is 36.3 Å². The first-order valence-electron chi connectivity index (χ1n) is 5.90. The summed E-state index contributed by atoms with van der Waals surface area (Å²) in [6.45, 7) is 0. The van der Waals surface area contributed by atoms with Gasteiger partial charge >= 0.3 is 5.97 Å². The molecule has 21 heavy (non-hydrogen) atoms. The number of aromatic nitrogens is 5. The zero-order valence-corrected chi connectivity index (χ0v) is 12.1. The van der Waals surface area contributed by atoms with E-state index < -0.39 is 5.97 Å². The first kappa shape index (κ1) is 13.4. The third-order valence-electron chi connectivity index (χ3n) is 2.70. The minimum Gasteiger partial charge on any atom is -0.478 e. The fraction of sp³-hybridized carbons (Fsp3) is 0. The van der Waals surface area contributed by atoms with Gasteiger partial charge in [-0.1, -0.05) is 30.3 Å². The van der Waals surface area contributed by atoms with Crippen molar-refractivity contribution in [3.63, 3.8) is 0 Å². The zero-order valence-electron chi connectivity index (χ0n) is 10.5. The molecule has 0 aliphatic heterocycles. The molecule has 2 aromatic heterocycles. The molecule has 0 amide bonds. The number of benzene rings is 1. The van der Waals surface area contributed by atoms with E-state index in [1.165, 1.54) is 12.3 Å². The van der Waals surface area contributed by atoms with Crippen LogP contribution in [0.3, 0.4) is 0 Å². The molecule has 0 aliphatic rings. The average Bonchev–Trinajstić information content (AvgIpc) is 2.97. The van der Waals surface area contributed by atoms with Crippen molar-refractivity contribution < 1.29 is 9.90 Å². The summed E-state index contributed by atoms with van der Waals surface area (Å²) in [5, 5.41) is 21.2. The molecule has 0 saturated carbocycles. The van der Waals surface area contributed by atoms with Gasteiger partial charge in [0.25, 0.3) is 0 Å². The quantitative estimate of drug-likeness (QED) is 0.781. The van der Waals surface area contributed by atoms with Crippen LogP contribution in [0.5, 0.6) is 0 Å². The number of rotatable bonds is 3. The van der Waals surface area contributed by atoms with E-state index in [0.29, 0.717) is 10.3 Å². The molecule has 2 heterocycles. The van der Waals surface area contributed by atoms with Gasteiger partial charge in [0.1, 0.15) is 5.56 Å². The van der Waals surface area contributed by atoms with E-state index in [-0.39, 0.29) is 11.4 Å². The first-order valence-corrected chi connectivity index (χ1v) is 6.69. The lowest BCUT2D eigenvalue weighted by Crippen LogP contribution is -2.10. The Bertz CT molecular complexity index is 803. The van der Waals surface area contributed by atoms with Gasteiger partial charge in [0.15, 0.2) is 5.82 Å². The highest BCUT2D eigenvalue weighted by Gasteiger charge is 2.17. The van der Waals surface area contributed by atoms with E-state index in [4.69, 9.17) is 0 Å². The van der Waals surface area contributed by atoms with Crippen LogP contribution in [0.15, 0.2) is 47.1 Å². The number of tetrazole rings is 1. The monoisotopic (exact) mass is 345 g/mol. The molecule has 0 atom stereocenters. The molecule has 3 aromatic rings. The third-order valence-corrected chi connectivity index (χ3v) is 3.13. The summed E-state index contributed by atoms with van der Waals surface area (Å²) in [5.74, 6) is -0.602. The van der Waals surface area contributed by atoms with Crippen LogP contribution in [0, 0.1) is 0 Å². The van der Waals surface area contributed by atoms with E-state index in [1.807, 2.05) is 30.3 Å². The first-order chi connectivity index (χ1) is 10.1. The minimum atomic E-state index is -1.11. The lowest BCUT2D eigenvalue weighted by Gasteiger charge is -2.02. The Hall–Kier alpha value is -2.61. The zero-order chi connectivity index (χ0) is 14.8. The molecule has 0 aliphatic carbocycles. The third kappa shape index (κ3) is 2.65. The summed E-state index contributed by atoms with van der Waals surface area (Å²) in [6.07, 6.45) is 1.48. The number of carbonyl (C=O) groups is 1. The molecule has 7 nitrogen and oxygen atoms in total. The summed E-state index contributed by atoms with van der Waals surface area (Å²) in [4.78, 5) is 16.4. The van der Waals surface area contributed by atoms with Crippen molar-refractivity contribution in [3.05, 3.63) is 52.6 Å². The number of aromatic carboxylic acids is 1. The molecule has 8 heteroatoms. The number of pyridine rings is 1. The Kier molecular flexibility index (Phi) is 3.44. The molecule has 1 N–H and O–H groups in total. The maximum absolute atomic E-state index is 11.3. The van der Waals surface area contributed by atoms with Gasteiger partial charge in [-0.3, -0.25) is 0 Å². The molecule has 0 saturated heterocycles. The highest BCUT2D eigenvalue weighted by molar-refractivity contribution is 9.10. The summed E-state index contributed by atoms with van der Waals surface area (Å²) in [5.41, 5.74) is 0.777. The highest BCUT2D eigenvalue weighted by Crippen LogP contribution is 2.18. The molecule has 104 valence electrons. The maximum atomic E-state index is 11.3. The molecule has 0 fully saturated rings. The van der Waals surface area contributed by atoms with Crippen molar-refractivity contribution in [2.75, 3.05) is 0 Å². The molecule has 3 rings (SSSR count). The molecule has 0 unspecified atom stereocenters. The van der Waals surface area contributed by atoms with Crippen LogP contribution >= 0.6 is 15.9 Å². The highest BCUT2D eigenvalue weighted by atomic mass is 79.9. The fourth-order valence-electron chi connectivity index (χ4n) is 1.76. The van der Waals surface area contributed by atoms with Gasteiger partial charge in [-0.05, 0) is 27.2 Å². The Balaban J connectivity index is 2.07. The number of hydrogen-bond donors (Lipinski definition) is 1. The lowest BCUT2D eigenvalue weighted by atomic mass is 10.2. The van der Waals surface area contributed by atoms with Crippen molar-refractivity contribution in [2.24, 2.45) is 0 Å². The largest absolute Gasteiger partial charge is 0.478 e. The number of halogens is 1. The normalized spacial score (nSPS) is 10.5. The Morgan fingerprint density at radius 1 is 1.24 bits per heavy atom. The number of hydrogen-bond acceptors (Lipinski definition) is 5. The van der Waals surface area contributed by atoms with Gasteiger partial charge in [0, 0.05) is 16.2 Å². The van der Waals surface area contributed by atoms with Gasteiger partial charge in [-0.25, -0.2) is 9.78 Å². The Morgan fingerprint density at radius 2 is 2.00 bits per heavy atom. The minimum absolute atomic E-state index is 0.0126. The van der Waals surface area contributed by atoms with Crippen LogP contribution < -0.4 is 0 Å². The summed E-state index contributed by atoms with van der Waals surface area (Å²) in [7, 11) is 0. The molecule has 0 bridgehead atoms. The van der Waals surface area contributed by atoms with E-state index in [0.717, 1.165) is 10.4 Å². The van der Waals surface area contributed by atoms with Crippen LogP contribution in [0.4, 0.5) is 0 Å². The number of carboxylic acid groups (broad SMARTS) is 1. The second-order valence-electron chi connectivity index (χ2n) is 4.10. The van der Waals surface area contributed by atoms with E-state index in [2.05, 4.69) is 36.3 Å². The van der Waals surface area contributed by atoms with Crippen molar-refractivity contribution in [1.82, 2.24) is 25.2 Å². The second kappa shape index (κ2) is 5.41. The predicted molar refractivity (Wildman–Crippen MR) is 77.0 cm³/mol. The maximum Gasteiger partial charge on any atom is 0.339 e. The molecular weight excluding hydrogens is 338 g/mol. The van der Waals surface area contributed by atoms with Crippen molar-refractivity contribution >= 4 is 21.9 Å². The summed E-state index contributed by atoms with van der Waals surface area (Å²) >= 11 is 3.19. The van der Waals surface area contributed by atoms with Gasteiger partial charge < -0.3 is 5.11 Å². The second-order valence-corrected chi connectivity index (χ2v) is 5.01. The van der Waals surface area contributed by atoms with E-state index >= 15 is 0 Å². The van der Waals surface area contributed by atoms with Crippen LogP contribution in [-0.2, 0) is 0 Å². The van der Waals surface area contributed by atoms with Crippen LogP contribution in [0.1, 0.15) is 10.4 Å². The van der Waals surface area contributed by atoms with Crippen molar-refractivity contribution in [2.45, 2.75) is 0 Å². The molecule has 1 aromatic carbocycles. The van der Waals surface area contributed by atoms with Gasteiger partial charge in [0.05, 0.1) is 0 Å². The summed E-state index contributed by atoms with van der Waals surface area (Å²) in [6, 6.07) is 10.7.